The van der Waals surface area contributed by atoms with Gasteiger partial charge in [-0.25, -0.2) is 4.79 Å². The molecule has 0 saturated carbocycles. The Hall–Kier alpha value is -1.85. The van der Waals surface area contributed by atoms with Crippen molar-refractivity contribution in [2.75, 3.05) is 26.2 Å². The summed E-state index contributed by atoms with van der Waals surface area (Å²) in [5.41, 5.74) is 1.55. The SMILES string of the molecule is O=C(O)NCCCN1CCC(c2ccccc2)(c2cccs2)CC1. The highest BCUT2D eigenvalue weighted by Crippen LogP contribution is 2.43. The molecule has 2 heterocycles. The molecule has 0 atom stereocenters. The standard InChI is InChI=1S/C19H24N2O2S/c22-18(23)20-11-5-12-21-13-9-19(10-14-21,17-8-4-15-24-17)16-6-2-1-3-7-16/h1-4,6-8,15,20H,5,9-14H2,(H,22,23). The van der Waals surface area contributed by atoms with Gasteiger partial charge in [0, 0.05) is 16.8 Å². The molecule has 1 aromatic heterocycles. The first-order chi connectivity index (χ1) is 11.7. The Morgan fingerprint density at radius 1 is 1.17 bits per heavy atom. The van der Waals surface area contributed by atoms with Crippen molar-refractivity contribution in [2.45, 2.75) is 24.7 Å². The van der Waals surface area contributed by atoms with Gasteiger partial charge in [-0.05, 0) is 55.9 Å². The van der Waals surface area contributed by atoms with E-state index in [1.807, 2.05) is 11.3 Å². The van der Waals surface area contributed by atoms with Crippen molar-refractivity contribution < 1.29 is 9.90 Å². The number of carboxylic acid groups (broad SMARTS) is 1. The molecular formula is C19H24N2O2S. The van der Waals surface area contributed by atoms with Crippen LogP contribution in [0.2, 0.25) is 0 Å². The largest absolute Gasteiger partial charge is 0.465 e. The number of carbonyl (C=O) groups is 1. The number of amides is 1. The van der Waals surface area contributed by atoms with Crippen LogP contribution in [0.25, 0.3) is 0 Å². The van der Waals surface area contributed by atoms with E-state index in [-0.39, 0.29) is 5.41 Å². The summed E-state index contributed by atoms with van der Waals surface area (Å²) in [6, 6.07) is 15.3. The molecule has 2 aromatic rings. The van der Waals surface area contributed by atoms with Crippen LogP contribution in [0.5, 0.6) is 0 Å². The molecule has 0 aliphatic carbocycles. The van der Waals surface area contributed by atoms with Crippen LogP contribution in [0.15, 0.2) is 47.8 Å². The fraction of sp³-hybridized carbons (Fsp3) is 0.421. The van der Waals surface area contributed by atoms with Gasteiger partial charge in [-0.1, -0.05) is 36.4 Å². The number of thiophene rings is 1. The number of nitrogens with one attached hydrogen (secondary N) is 1. The molecule has 1 fully saturated rings. The number of benzene rings is 1. The van der Waals surface area contributed by atoms with Crippen LogP contribution >= 0.6 is 11.3 Å². The molecule has 0 radical (unpaired) electrons. The third kappa shape index (κ3) is 3.79. The molecule has 128 valence electrons. The Morgan fingerprint density at radius 3 is 2.54 bits per heavy atom. The first kappa shape index (κ1) is 17.0. The van der Waals surface area contributed by atoms with Crippen LogP contribution in [-0.2, 0) is 5.41 Å². The fourth-order valence-corrected chi connectivity index (χ4v) is 4.65. The fourth-order valence-electron chi connectivity index (χ4n) is 3.64. The molecule has 5 heteroatoms. The Bertz CT molecular complexity index is 635. The van der Waals surface area contributed by atoms with Crippen molar-refractivity contribution in [3.05, 3.63) is 58.3 Å². The first-order valence-corrected chi connectivity index (χ1v) is 9.37. The lowest BCUT2D eigenvalue weighted by molar-refractivity contribution is 0.175. The number of likely N-dealkylation sites (tertiary alicyclic amines) is 1. The molecule has 1 amide bonds. The zero-order chi connectivity index (χ0) is 16.8. The smallest absolute Gasteiger partial charge is 0.404 e. The maximum Gasteiger partial charge on any atom is 0.404 e. The third-order valence-corrected chi connectivity index (χ3v) is 6.03. The quantitative estimate of drug-likeness (QED) is 0.784. The summed E-state index contributed by atoms with van der Waals surface area (Å²) in [6.07, 6.45) is 2.16. The topological polar surface area (TPSA) is 52.6 Å². The van der Waals surface area contributed by atoms with Gasteiger partial charge in [-0.3, -0.25) is 0 Å². The van der Waals surface area contributed by atoms with Gasteiger partial charge < -0.3 is 15.3 Å². The summed E-state index contributed by atoms with van der Waals surface area (Å²) < 4.78 is 0. The van der Waals surface area contributed by atoms with E-state index in [0.717, 1.165) is 38.9 Å². The number of rotatable bonds is 6. The van der Waals surface area contributed by atoms with E-state index in [4.69, 9.17) is 5.11 Å². The number of hydrogen-bond donors (Lipinski definition) is 2. The van der Waals surface area contributed by atoms with E-state index in [9.17, 15) is 4.79 Å². The molecule has 0 unspecified atom stereocenters. The lowest BCUT2D eigenvalue weighted by Gasteiger charge is -2.42. The minimum Gasteiger partial charge on any atom is -0.465 e. The first-order valence-electron chi connectivity index (χ1n) is 8.49. The van der Waals surface area contributed by atoms with Gasteiger partial charge in [-0.2, -0.15) is 0 Å². The van der Waals surface area contributed by atoms with Crippen LogP contribution in [0.4, 0.5) is 4.79 Å². The van der Waals surface area contributed by atoms with Gasteiger partial charge in [0.1, 0.15) is 0 Å². The zero-order valence-electron chi connectivity index (χ0n) is 13.8. The zero-order valence-corrected chi connectivity index (χ0v) is 14.6. The minimum atomic E-state index is -0.936. The van der Waals surface area contributed by atoms with Gasteiger partial charge in [0.25, 0.3) is 0 Å². The highest BCUT2D eigenvalue weighted by Gasteiger charge is 2.38. The van der Waals surface area contributed by atoms with Crippen LogP contribution in [0.1, 0.15) is 29.7 Å². The predicted octanol–water partition coefficient (Wildman–Crippen LogP) is 3.79. The molecule has 3 rings (SSSR count). The molecule has 1 aromatic carbocycles. The second-order valence-electron chi connectivity index (χ2n) is 6.35. The van der Waals surface area contributed by atoms with Crippen molar-refractivity contribution >= 4 is 17.4 Å². The lowest BCUT2D eigenvalue weighted by atomic mass is 9.71. The molecular weight excluding hydrogens is 320 g/mol. The monoisotopic (exact) mass is 344 g/mol. The van der Waals surface area contributed by atoms with E-state index in [1.165, 1.54) is 10.4 Å². The van der Waals surface area contributed by atoms with Crippen molar-refractivity contribution in [1.29, 1.82) is 0 Å². The predicted molar refractivity (Wildman–Crippen MR) is 97.9 cm³/mol. The summed E-state index contributed by atoms with van der Waals surface area (Å²) in [5, 5.41) is 13.2. The summed E-state index contributed by atoms with van der Waals surface area (Å²) in [5.74, 6) is 0. The van der Waals surface area contributed by atoms with Crippen LogP contribution in [0.3, 0.4) is 0 Å². The van der Waals surface area contributed by atoms with Gasteiger partial charge in [0.15, 0.2) is 0 Å². The minimum absolute atomic E-state index is 0.130. The van der Waals surface area contributed by atoms with Crippen LogP contribution in [-0.4, -0.2) is 42.3 Å². The molecule has 4 nitrogen and oxygen atoms in total. The lowest BCUT2D eigenvalue weighted by Crippen LogP contribution is -2.43. The second kappa shape index (κ2) is 7.81. The van der Waals surface area contributed by atoms with Gasteiger partial charge in [-0.15, -0.1) is 11.3 Å². The van der Waals surface area contributed by atoms with Gasteiger partial charge >= 0.3 is 6.09 Å². The second-order valence-corrected chi connectivity index (χ2v) is 7.30. The van der Waals surface area contributed by atoms with E-state index in [0.29, 0.717) is 6.54 Å². The highest BCUT2D eigenvalue weighted by atomic mass is 32.1. The Kier molecular flexibility index (Phi) is 5.53. The van der Waals surface area contributed by atoms with E-state index in [2.05, 4.69) is 58.1 Å². The number of piperidine rings is 1. The molecule has 24 heavy (non-hydrogen) atoms. The number of hydrogen-bond acceptors (Lipinski definition) is 3. The van der Waals surface area contributed by atoms with E-state index in [1.54, 1.807) is 0 Å². The molecule has 1 aliphatic rings. The van der Waals surface area contributed by atoms with E-state index < -0.39 is 6.09 Å². The molecule has 0 spiro atoms. The van der Waals surface area contributed by atoms with Crippen molar-refractivity contribution in [2.24, 2.45) is 0 Å². The van der Waals surface area contributed by atoms with Crippen LogP contribution < -0.4 is 5.32 Å². The maximum absolute atomic E-state index is 10.5. The average molecular weight is 344 g/mol. The summed E-state index contributed by atoms with van der Waals surface area (Å²) in [6.45, 7) is 3.59. The van der Waals surface area contributed by atoms with Crippen molar-refractivity contribution in [3.8, 4) is 0 Å². The Balaban J connectivity index is 1.65. The van der Waals surface area contributed by atoms with E-state index >= 15 is 0 Å². The molecule has 0 bridgehead atoms. The van der Waals surface area contributed by atoms with Crippen LogP contribution in [0, 0.1) is 0 Å². The number of nitrogens with zero attached hydrogens (tertiary/aromatic N) is 1. The molecule has 1 saturated heterocycles. The third-order valence-electron chi connectivity index (χ3n) is 4.96. The maximum atomic E-state index is 10.5. The molecule has 2 N–H and O–H groups in total. The van der Waals surface area contributed by atoms with Gasteiger partial charge in [0.05, 0.1) is 0 Å². The average Bonchev–Trinajstić information content (AvgIpc) is 3.15. The summed E-state index contributed by atoms with van der Waals surface area (Å²) in [7, 11) is 0. The highest BCUT2D eigenvalue weighted by molar-refractivity contribution is 7.10. The van der Waals surface area contributed by atoms with Crippen molar-refractivity contribution in [3.63, 3.8) is 0 Å². The van der Waals surface area contributed by atoms with Crippen molar-refractivity contribution in [1.82, 2.24) is 10.2 Å². The normalized spacial score (nSPS) is 17.5. The Morgan fingerprint density at radius 2 is 1.92 bits per heavy atom. The van der Waals surface area contributed by atoms with Gasteiger partial charge in [0.2, 0.25) is 0 Å². The molecule has 1 aliphatic heterocycles. The Labute approximate surface area is 147 Å². The summed E-state index contributed by atoms with van der Waals surface area (Å²) in [4.78, 5) is 14.4. The summed E-state index contributed by atoms with van der Waals surface area (Å²) >= 11 is 1.86.